The summed E-state index contributed by atoms with van der Waals surface area (Å²) in [6, 6.07) is 15.5. The van der Waals surface area contributed by atoms with Gasteiger partial charge in [-0.1, -0.05) is 12.1 Å². The highest BCUT2D eigenvalue weighted by Gasteiger charge is 2.25. The molecule has 3 aromatic rings. The molecule has 0 spiro atoms. The van der Waals surface area contributed by atoms with E-state index in [-0.39, 0.29) is 6.10 Å². The molecule has 1 fully saturated rings. The molecular weight excluding hydrogens is 364 g/mol. The first-order chi connectivity index (χ1) is 14.2. The molecule has 1 aliphatic rings. The van der Waals surface area contributed by atoms with E-state index in [4.69, 9.17) is 19.7 Å². The molecule has 0 amide bonds. The van der Waals surface area contributed by atoms with Gasteiger partial charge in [-0.25, -0.2) is 9.97 Å². The topological polar surface area (TPSA) is 71.3 Å². The first-order valence-corrected chi connectivity index (χ1v) is 9.93. The lowest BCUT2D eigenvalue weighted by molar-refractivity contribution is 0.0787. The van der Waals surface area contributed by atoms with Crippen LogP contribution in [-0.4, -0.2) is 35.8 Å². The highest BCUT2D eigenvalue weighted by atomic mass is 16.5. The van der Waals surface area contributed by atoms with Crippen LogP contribution in [0.25, 0.3) is 10.9 Å². The summed E-state index contributed by atoms with van der Waals surface area (Å²) in [6.07, 6.45) is 1.28. The average Bonchev–Trinajstić information content (AvgIpc) is 3.20. The summed E-state index contributed by atoms with van der Waals surface area (Å²) in [5.41, 5.74) is 2.54. The minimum absolute atomic E-state index is 0.264. The van der Waals surface area contributed by atoms with E-state index in [2.05, 4.69) is 16.0 Å². The Morgan fingerprint density at radius 3 is 2.76 bits per heavy atom. The van der Waals surface area contributed by atoms with Gasteiger partial charge in [-0.05, 0) is 50.1 Å². The predicted molar refractivity (Wildman–Crippen MR) is 112 cm³/mol. The van der Waals surface area contributed by atoms with Gasteiger partial charge in [-0.2, -0.15) is 5.26 Å². The van der Waals surface area contributed by atoms with Crippen molar-refractivity contribution < 1.29 is 9.47 Å². The lowest BCUT2D eigenvalue weighted by atomic mass is 10.1. The summed E-state index contributed by atoms with van der Waals surface area (Å²) in [5.74, 6) is 2.48. The monoisotopic (exact) mass is 388 g/mol. The number of benzene rings is 2. The molecule has 4 rings (SSSR count). The number of nitriles is 1. The molecule has 0 N–H and O–H groups in total. The fraction of sp³-hybridized carbons (Fsp3) is 0.348. The lowest BCUT2D eigenvalue weighted by Crippen LogP contribution is -2.24. The van der Waals surface area contributed by atoms with Crippen LogP contribution in [0.4, 0.5) is 5.82 Å². The van der Waals surface area contributed by atoms with Crippen LogP contribution in [0.3, 0.4) is 0 Å². The van der Waals surface area contributed by atoms with Crippen LogP contribution in [-0.2, 0) is 11.3 Å². The highest BCUT2D eigenvalue weighted by molar-refractivity contribution is 5.90. The SMILES string of the molecule is CCO[C@H]1CCN(c2nc(C)nc3cc(OCc4ccc(C#N)cc4)ccc23)C1. The largest absolute Gasteiger partial charge is 0.489 e. The zero-order valence-electron chi connectivity index (χ0n) is 16.8. The quantitative estimate of drug-likeness (QED) is 0.635. The van der Waals surface area contributed by atoms with Crippen LogP contribution >= 0.6 is 0 Å². The second kappa shape index (κ2) is 8.46. The van der Waals surface area contributed by atoms with Crippen molar-refractivity contribution in [1.82, 2.24) is 9.97 Å². The van der Waals surface area contributed by atoms with E-state index >= 15 is 0 Å². The van der Waals surface area contributed by atoms with E-state index in [1.54, 1.807) is 12.1 Å². The third-order valence-electron chi connectivity index (χ3n) is 5.10. The molecule has 1 aliphatic heterocycles. The number of aryl methyl sites for hydroxylation is 1. The molecule has 2 aromatic carbocycles. The predicted octanol–water partition coefficient (Wildman–Crippen LogP) is 4.00. The minimum Gasteiger partial charge on any atom is -0.489 e. The van der Waals surface area contributed by atoms with Crippen LogP contribution in [0.15, 0.2) is 42.5 Å². The second-order valence-electron chi connectivity index (χ2n) is 7.18. The van der Waals surface area contributed by atoms with Gasteiger partial charge >= 0.3 is 0 Å². The zero-order valence-corrected chi connectivity index (χ0v) is 16.8. The minimum atomic E-state index is 0.264. The molecule has 0 unspecified atom stereocenters. The van der Waals surface area contributed by atoms with Crippen LogP contribution in [0, 0.1) is 18.3 Å². The number of aromatic nitrogens is 2. The maximum atomic E-state index is 8.90. The molecule has 1 aromatic heterocycles. The first kappa shape index (κ1) is 19.2. The van der Waals surface area contributed by atoms with Crippen LogP contribution in [0.1, 0.15) is 30.3 Å². The zero-order chi connectivity index (χ0) is 20.2. The Kier molecular flexibility index (Phi) is 5.59. The molecule has 6 nitrogen and oxygen atoms in total. The van der Waals surface area contributed by atoms with Crippen LogP contribution in [0.2, 0.25) is 0 Å². The Bertz CT molecular complexity index is 1040. The summed E-state index contributed by atoms with van der Waals surface area (Å²) < 4.78 is 11.7. The molecule has 6 heteroatoms. The van der Waals surface area contributed by atoms with E-state index in [0.29, 0.717) is 12.2 Å². The maximum Gasteiger partial charge on any atom is 0.140 e. The first-order valence-electron chi connectivity index (χ1n) is 9.93. The van der Waals surface area contributed by atoms with Gasteiger partial charge in [0.05, 0.1) is 23.3 Å². The molecule has 148 valence electrons. The Hall–Kier alpha value is -3.17. The average molecular weight is 388 g/mol. The highest BCUT2D eigenvalue weighted by Crippen LogP contribution is 2.30. The third kappa shape index (κ3) is 4.30. The van der Waals surface area contributed by atoms with E-state index in [1.807, 2.05) is 44.2 Å². The Morgan fingerprint density at radius 2 is 2.00 bits per heavy atom. The van der Waals surface area contributed by atoms with Gasteiger partial charge in [0.25, 0.3) is 0 Å². The van der Waals surface area contributed by atoms with Crippen molar-refractivity contribution in [1.29, 1.82) is 5.26 Å². The molecule has 1 saturated heterocycles. The molecule has 0 radical (unpaired) electrons. The Morgan fingerprint density at radius 1 is 1.17 bits per heavy atom. The van der Waals surface area contributed by atoms with Gasteiger partial charge in [0.1, 0.15) is 24.0 Å². The smallest absolute Gasteiger partial charge is 0.140 e. The standard InChI is InChI=1S/C23H24N4O2/c1-3-28-20-10-11-27(14-20)23-21-9-8-19(12-22(21)25-16(2)26-23)29-15-18-6-4-17(13-24)5-7-18/h4-9,12,20H,3,10-11,14-15H2,1-2H3/t20-/m0/s1. The number of hydrogen-bond donors (Lipinski definition) is 0. The van der Waals surface area contributed by atoms with Crippen molar-refractivity contribution >= 4 is 16.7 Å². The van der Waals surface area contributed by atoms with Crippen molar-refractivity contribution in [3.8, 4) is 11.8 Å². The summed E-state index contributed by atoms with van der Waals surface area (Å²) in [4.78, 5) is 11.6. The fourth-order valence-corrected chi connectivity index (χ4v) is 3.67. The normalized spacial score (nSPS) is 16.2. The summed E-state index contributed by atoms with van der Waals surface area (Å²) >= 11 is 0. The molecule has 29 heavy (non-hydrogen) atoms. The van der Waals surface area contributed by atoms with Crippen molar-refractivity contribution in [3.63, 3.8) is 0 Å². The number of rotatable bonds is 6. The van der Waals surface area contributed by atoms with Gasteiger partial charge in [0.2, 0.25) is 0 Å². The van der Waals surface area contributed by atoms with Crippen molar-refractivity contribution in [2.24, 2.45) is 0 Å². The number of fused-ring (bicyclic) bond motifs is 1. The van der Waals surface area contributed by atoms with Gasteiger partial charge in [-0.15, -0.1) is 0 Å². The Labute approximate surface area is 170 Å². The Balaban J connectivity index is 1.54. The van der Waals surface area contributed by atoms with Crippen molar-refractivity contribution in [3.05, 3.63) is 59.4 Å². The summed E-state index contributed by atoms with van der Waals surface area (Å²) in [5, 5.41) is 9.92. The second-order valence-corrected chi connectivity index (χ2v) is 7.18. The molecular formula is C23H24N4O2. The molecule has 0 aliphatic carbocycles. The van der Waals surface area contributed by atoms with Crippen LogP contribution < -0.4 is 9.64 Å². The van der Waals surface area contributed by atoms with Crippen LogP contribution in [0.5, 0.6) is 5.75 Å². The van der Waals surface area contributed by atoms with Gasteiger partial charge in [-0.3, -0.25) is 0 Å². The van der Waals surface area contributed by atoms with Gasteiger partial charge in [0.15, 0.2) is 0 Å². The van der Waals surface area contributed by atoms with E-state index in [0.717, 1.165) is 60.0 Å². The van der Waals surface area contributed by atoms with E-state index in [9.17, 15) is 0 Å². The van der Waals surface area contributed by atoms with Gasteiger partial charge < -0.3 is 14.4 Å². The lowest BCUT2D eigenvalue weighted by Gasteiger charge is -2.20. The number of ether oxygens (including phenoxy) is 2. The summed E-state index contributed by atoms with van der Waals surface area (Å²) in [6.45, 7) is 6.93. The number of hydrogen-bond acceptors (Lipinski definition) is 6. The number of nitrogens with zero attached hydrogens (tertiary/aromatic N) is 4. The molecule has 1 atom stereocenters. The number of anilines is 1. The molecule has 2 heterocycles. The van der Waals surface area contributed by atoms with Crippen molar-refractivity contribution in [2.75, 3.05) is 24.6 Å². The molecule has 0 bridgehead atoms. The van der Waals surface area contributed by atoms with E-state index in [1.165, 1.54) is 0 Å². The fourth-order valence-electron chi connectivity index (χ4n) is 3.67. The third-order valence-corrected chi connectivity index (χ3v) is 5.10. The van der Waals surface area contributed by atoms with Gasteiger partial charge in [0, 0.05) is 31.1 Å². The molecule has 0 saturated carbocycles. The van der Waals surface area contributed by atoms with Crippen molar-refractivity contribution in [2.45, 2.75) is 33.0 Å². The van der Waals surface area contributed by atoms with E-state index < -0.39 is 0 Å². The maximum absolute atomic E-state index is 8.90. The summed E-state index contributed by atoms with van der Waals surface area (Å²) in [7, 11) is 0.